The summed E-state index contributed by atoms with van der Waals surface area (Å²) in [6.45, 7) is 7.39. The van der Waals surface area contributed by atoms with Crippen molar-refractivity contribution >= 4 is 11.0 Å². The van der Waals surface area contributed by atoms with Crippen LogP contribution in [-0.4, -0.2) is 21.3 Å². The van der Waals surface area contributed by atoms with Gasteiger partial charge in [0, 0.05) is 13.0 Å². The van der Waals surface area contributed by atoms with Gasteiger partial charge in [-0.05, 0) is 49.6 Å². The average Bonchev–Trinajstić information content (AvgIpc) is 2.81. The molecule has 0 aliphatic carbocycles. The number of imidazole rings is 1. The van der Waals surface area contributed by atoms with Crippen molar-refractivity contribution in [1.29, 1.82) is 0 Å². The van der Waals surface area contributed by atoms with Crippen molar-refractivity contribution < 1.29 is 5.11 Å². The lowest BCUT2D eigenvalue weighted by Gasteiger charge is -2.14. The minimum Gasteiger partial charge on any atom is -0.396 e. The highest BCUT2D eigenvalue weighted by atomic mass is 16.3. The van der Waals surface area contributed by atoms with Gasteiger partial charge in [0.2, 0.25) is 0 Å². The topological polar surface area (TPSA) is 38.0 Å². The van der Waals surface area contributed by atoms with Gasteiger partial charge in [0.25, 0.3) is 0 Å². The van der Waals surface area contributed by atoms with Crippen LogP contribution in [0.25, 0.3) is 11.0 Å². The molecule has 1 heterocycles. The first-order chi connectivity index (χ1) is 10.6. The molecule has 0 spiro atoms. The normalized spacial score (nSPS) is 11.3. The Morgan fingerprint density at radius 2 is 1.73 bits per heavy atom. The number of rotatable bonds is 4. The Labute approximate surface area is 131 Å². The average molecular weight is 294 g/mol. The monoisotopic (exact) mass is 294 g/mol. The molecule has 0 aliphatic rings. The first kappa shape index (κ1) is 14.8. The molecule has 3 aromatic rings. The third kappa shape index (κ3) is 2.64. The number of aliphatic hydroxyl groups excluding tert-OH is 1. The van der Waals surface area contributed by atoms with Crippen molar-refractivity contribution in [1.82, 2.24) is 9.55 Å². The molecule has 22 heavy (non-hydrogen) atoms. The summed E-state index contributed by atoms with van der Waals surface area (Å²) >= 11 is 0. The summed E-state index contributed by atoms with van der Waals surface area (Å²) in [6.07, 6.45) is 0.582. The summed E-state index contributed by atoms with van der Waals surface area (Å²) < 4.78 is 2.23. The van der Waals surface area contributed by atoms with Crippen molar-refractivity contribution in [3.63, 3.8) is 0 Å². The first-order valence-corrected chi connectivity index (χ1v) is 7.72. The van der Waals surface area contributed by atoms with Gasteiger partial charge >= 0.3 is 0 Å². The van der Waals surface area contributed by atoms with Gasteiger partial charge in [0.1, 0.15) is 5.82 Å². The van der Waals surface area contributed by atoms with Crippen LogP contribution in [0, 0.1) is 20.8 Å². The molecule has 0 amide bonds. The molecule has 3 nitrogen and oxygen atoms in total. The Kier molecular flexibility index (Phi) is 3.99. The molecule has 0 bridgehead atoms. The van der Waals surface area contributed by atoms with Crippen LogP contribution in [0.15, 0.2) is 36.4 Å². The highest BCUT2D eigenvalue weighted by Crippen LogP contribution is 2.22. The molecule has 3 heteroatoms. The van der Waals surface area contributed by atoms with Gasteiger partial charge in [0.05, 0.1) is 17.6 Å². The fourth-order valence-electron chi connectivity index (χ4n) is 3.21. The molecule has 0 saturated heterocycles. The van der Waals surface area contributed by atoms with E-state index in [1.54, 1.807) is 0 Å². The number of benzene rings is 2. The highest BCUT2D eigenvalue weighted by molar-refractivity contribution is 5.76. The van der Waals surface area contributed by atoms with E-state index in [0.29, 0.717) is 6.42 Å². The van der Waals surface area contributed by atoms with E-state index in [4.69, 9.17) is 0 Å². The number of para-hydroxylation sites is 2. The second kappa shape index (κ2) is 5.93. The zero-order chi connectivity index (χ0) is 15.7. The molecule has 0 radical (unpaired) electrons. The minimum absolute atomic E-state index is 0.120. The van der Waals surface area contributed by atoms with Crippen LogP contribution in [0.4, 0.5) is 0 Å². The molecular weight excluding hydrogens is 272 g/mol. The molecule has 1 aromatic heterocycles. The number of aliphatic hydroxyl groups is 1. The summed E-state index contributed by atoms with van der Waals surface area (Å²) in [6, 6.07) is 12.6. The summed E-state index contributed by atoms with van der Waals surface area (Å²) in [5.74, 6) is 0.947. The molecule has 0 atom stereocenters. The van der Waals surface area contributed by atoms with Crippen LogP contribution in [0.3, 0.4) is 0 Å². The smallest absolute Gasteiger partial charge is 0.112 e. The van der Waals surface area contributed by atoms with Crippen LogP contribution >= 0.6 is 0 Å². The Morgan fingerprint density at radius 3 is 2.41 bits per heavy atom. The van der Waals surface area contributed by atoms with E-state index in [1.165, 1.54) is 22.3 Å². The standard InChI is InChI=1S/C19H22N2O/c1-13-10-14(2)16(15(3)11-13)12-21-18-7-5-4-6-17(18)20-19(21)8-9-22/h4-7,10-11,22H,8-9,12H2,1-3H3. The SMILES string of the molecule is Cc1cc(C)c(Cn2c(CCO)nc3ccccc32)c(C)c1. The van der Waals surface area contributed by atoms with Crippen LogP contribution in [0.5, 0.6) is 0 Å². The van der Waals surface area contributed by atoms with Crippen LogP contribution in [0.2, 0.25) is 0 Å². The van der Waals surface area contributed by atoms with Gasteiger partial charge < -0.3 is 9.67 Å². The maximum atomic E-state index is 9.33. The van der Waals surface area contributed by atoms with Gasteiger partial charge in [0.15, 0.2) is 0 Å². The predicted octanol–water partition coefficient (Wildman–Crippen LogP) is 3.54. The molecule has 0 unspecified atom stereocenters. The quantitative estimate of drug-likeness (QED) is 0.799. The van der Waals surface area contributed by atoms with Gasteiger partial charge in [-0.15, -0.1) is 0 Å². The number of aryl methyl sites for hydroxylation is 3. The fourth-order valence-corrected chi connectivity index (χ4v) is 3.21. The molecular formula is C19H22N2O. The molecule has 0 saturated carbocycles. The van der Waals surface area contributed by atoms with Gasteiger partial charge in [-0.25, -0.2) is 4.98 Å². The zero-order valence-electron chi connectivity index (χ0n) is 13.4. The molecule has 2 aromatic carbocycles. The number of nitrogens with zero attached hydrogens (tertiary/aromatic N) is 2. The van der Waals surface area contributed by atoms with Crippen LogP contribution in [0.1, 0.15) is 28.1 Å². The van der Waals surface area contributed by atoms with E-state index in [1.807, 2.05) is 18.2 Å². The van der Waals surface area contributed by atoms with E-state index < -0.39 is 0 Å². The molecule has 0 aliphatic heterocycles. The van der Waals surface area contributed by atoms with Crippen molar-refractivity contribution in [2.24, 2.45) is 0 Å². The fraction of sp³-hybridized carbons (Fsp3) is 0.316. The van der Waals surface area contributed by atoms with Gasteiger partial charge in [-0.3, -0.25) is 0 Å². The van der Waals surface area contributed by atoms with Crippen molar-refractivity contribution in [3.05, 3.63) is 64.5 Å². The molecule has 1 N–H and O–H groups in total. The van der Waals surface area contributed by atoms with E-state index >= 15 is 0 Å². The molecule has 0 fully saturated rings. The lowest BCUT2D eigenvalue weighted by molar-refractivity contribution is 0.295. The molecule has 114 valence electrons. The van der Waals surface area contributed by atoms with E-state index in [0.717, 1.165) is 23.4 Å². The largest absolute Gasteiger partial charge is 0.396 e. The number of hydrogen-bond acceptors (Lipinski definition) is 2. The maximum absolute atomic E-state index is 9.33. The third-order valence-electron chi connectivity index (χ3n) is 4.23. The summed E-state index contributed by atoms with van der Waals surface area (Å²) in [4.78, 5) is 4.68. The number of aromatic nitrogens is 2. The maximum Gasteiger partial charge on any atom is 0.112 e. The summed E-state index contributed by atoms with van der Waals surface area (Å²) in [7, 11) is 0. The van der Waals surface area contributed by atoms with E-state index in [2.05, 4.69) is 48.5 Å². The number of hydrogen-bond donors (Lipinski definition) is 1. The second-order valence-corrected chi connectivity index (χ2v) is 5.95. The van der Waals surface area contributed by atoms with E-state index in [-0.39, 0.29) is 6.61 Å². The first-order valence-electron chi connectivity index (χ1n) is 7.72. The lowest BCUT2D eigenvalue weighted by atomic mass is 9.99. The van der Waals surface area contributed by atoms with E-state index in [9.17, 15) is 5.11 Å². The minimum atomic E-state index is 0.120. The van der Waals surface area contributed by atoms with Crippen LogP contribution in [-0.2, 0) is 13.0 Å². The van der Waals surface area contributed by atoms with Gasteiger partial charge in [-0.1, -0.05) is 29.8 Å². The highest BCUT2D eigenvalue weighted by Gasteiger charge is 2.12. The Morgan fingerprint density at radius 1 is 1.05 bits per heavy atom. The summed E-state index contributed by atoms with van der Waals surface area (Å²) in [5.41, 5.74) is 7.38. The van der Waals surface area contributed by atoms with Crippen molar-refractivity contribution in [2.75, 3.05) is 6.61 Å². The molecule has 3 rings (SSSR count). The third-order valence-corrected chi connectivity index (χ3v) is 4.23. The number of fused-ring (bicyclic) bond motifs is 1. The summed E-state index contributed by atoms with van der Waals surface area (Å²) in [5, 5.41) is 9.33. The Balaban J connectivity index is 2.12. The van der Waals surface area contributed by atoms with Crippen molar-refractivity contribution in [3.8, 4) is 0 Å². The predicted molar refractivity (Wildman–Crippen MR) is 90.3 cm³/mol. The van der Waals surface area contributed by atoms with Crippen molar-refractivity contribution in [2.45, 2.75) is 33.7 Å². The van der Waals surface area contributed by atoms with Crippen LogP contribution < -0.4 is 0 Å². The van der Waals surface area contributed by atoms with Gasteiger partial charge in [-0.2, -0.15) is 0 Å². The Bertz CT molecular complexity index is 794. The lowest BCUT2D eigenvalue weighted by Crippen LogP contribution is -2.09. The second-order valence-electron chi connectivity index (χ2n) is 5.95. The zero-order valence-corrected chi connectivity index (χ0v) is 13.4. The Hall–Kier alpha value is -2.13.